The van der Waals surface area contributed by atoms with Crippen molar-refractivity contribution in [3.63, 3.8) is 0 Å². The fourth-order valence-corrected chi connectivity index (χ4v) is 6.49. The van der Waals surface area contributed by atoms with Gasteiger partial charge in [-0.15, -0.1) is 0 Å². The topological polar surface area (TPSA) is 78.7 Å². The molecule has 6 rings (SSSR count). The van der Waals surface area contributed by atoms with Crippen molar-refractivity contribution in [3.05, 3.63) is 84.9 Å². The van der Waals surface area contributed by atoms with E-state index in [9.17, 15) is 8.42 Å². The summed E-state index contributed by atoms with van der Waals surface area (Å²) in [5, 5.41) is 5.17. The summed E-state index contributed by atoms with van der Waals surface area (Å²) in [5.74, 6) is 0. The van der Waals surface area contributed by atoms with Crippen LogP contribution in [0.3, 0.4) is 0 Å². The molecule has 2 aliphatic rings. The van der Waals surface area contributed by atoms with Gasteiger partial charge in [0.05, 0.1) is 6.26 Å². The molecule has 0 atom stereocenters. The Bertz CT molecular complexity index is 1460. The first kappa shape index (κ1) is 26.5. The molecule has 0 spiro atoms. The average Bonchev–Trinajstić information content (AvgIpc) is 2.93. The lowest BCUT2D eigenvalue weighted by atomic mass is 10.0. The molecule has 0 radical (unpaired) electrons. The van der Waals surface area contributed by atoms with Crippen LogP contribution in [0.5, 0.6) is 0 Å². The zero-order valence-electron chi connectivity index (χ0n) is 22.1. The van der Waals surface area contributed by atoms with E-state index in [4.69, 9.17) is 5.73 Å². The largest absolute Gasteiger partial charge is 0.371 e. The Morgan fingerprint density at radius 1 is 0.658 bits per heavy atom. The zero-order valence-corrected chi connectivity index (χ0v) is 22.9. The van der Waals surface area contributed by atoms with Crippen molar-refractivity contribution in [1.29, 1.82) is 0 Å². The maximum atomic E-state index is 11.3. The normalized spacial score (nSPS) is 17.4. The van der Waals surface area contributed by atoms with E-state index < -0.39 is 10.0 Å². The molecule has 0 aliphatic carbocycles. The first-order valence-corrected chi connectivity index (χ1v) is 15.4. The van der Waals surface area contributed by atoms with Crippen LogP contribution in [0.4, 0.5) is 11.4 Å². The van der Waals surface area contributed by atoms with Gasteiger partial charge in [0.1, 0.15) is 0 Å². The molecule has 3 N–H and O–H groups in total. The maximum Gasteiger partial charge on any atom is 0.208 e. The highest BCUT2D eigenvalue weighted by atomic mass is 32.2. The second kappa shape index (κ2) is 11.7. The first-order chi connectivity index (χ1) is 18.4. The molecule has 2 saturated heterocycles. The number of nitrogens with two attached hydrogens (primary N) is 1. The molecule has 4 aromatic rings. The van der Waals surface area contributed by atoms with E-state index in [0.29, 0.717) is 6.04 Å². The second-order valence-corrected chi connectivity index (χ2v) is 12.3. The fraction of sp³-hybridized carbons (Fsp3) is 0.355. The molecular formula is C31H38N4O2S. The van der Waals surface area contributed by atoms with Crippen LogP contribution in [0.15, 0.2) is 84.9 Å². The van der Waals surface area contributed by atoms with Gasteiger partial charge in [0.25, 0.3) is 0 Å². The van der Waals surface area contributed by atoms with Gasteiger partial charge in [-0.3, -0.25) is 0 Å². The third-order valence-electron chi connectivity index (χ3n) is 7.63. The predicted octanol–water partition coefficient (Wildman–Crippen LogP) is 5.13. The average molecular weight is 531 g/mol. The molecule has 6 nitrogen and oxygen atoms in total. The summed E-state index contributed by atoms with van der Waals surface area (Å²) in [6.45, 7) is 3.91. The second-order valence-electron chi connectivity index (χ2n) is 10.5. The molecule has 7 heteroatoms. The molecule has 0 saturated carbocycles. The van der Waals surface area contributed by atoms with Crippen LogP contribution < -0.4 is 20.3 Å². The molecule has 0 unspecified atom stereocenters. The standard InChI is InChI=1S/C16H20N2O2S.C15H18N2/c1-21(19,20)17-14-9-11-18(12-10-14)16-8-4-6-13-5-2-3-7-15(13)16;16-13-8-10-17(11-9-13)15-7-3-5-12-4-1-2-6-14(12)15/h2-8,14,17H,9-12H2,1H3;1-7,13H,8-11,16H2. The summed E-state index contributed by atoms with van der Waals surface area (Å²) in [6.07, 6.45) is 5.11. The van der Waals surface area contributed by atoms with Crippen molar-refractivity contribution in [2.45, 2.75) is 37.8 Å². The summed E-state index contributed by atoms with van der Waals surface area (Å²) in [4.78, 5) is 4.81. The lowest BCUT2D eigenvalue weighted by Crippen LogP contribution is -2.44. The molecule has 2 aliphatic heterocycles. The van der Waals surface area contributed by atoms with Gasteiger partial charge in [-0.25, -0.2) is 13.1 Å². The number of rotatable bonds is 4. The predicted molar refractivity (Wildman–Crippen MR) is 161 cm³/mol. The lowest BCUT2D eigenvalue weighted by Gasteiger charge is -2.34. The van der Waals surface area contributed by atoms with Crippen LogP contribution in [0, 0.1) is 0 Å². The SMILES string of the molecule is CS(=O)(=O)NC1CCN(c2cccc3ccccc23)CC1.NC1CCN(c2cccc3ccccc23)CC1. The Hall–Kier alpha value is -3.13. The Morgan fingerprint density at radius 3 is 1.55 bits per heavy atom. The molecule has 0 amide bonds. The van der Waals surface area contributed by atoms with Crippen molar-refractivity contribution in [3.8, 4) is 0 Å². The number of piperidine rings is 2. The van der Waals surface area contributed by atoms with Crippen LogP contribution >= 0.6 is 0 Å². The molecule has 2 heterocycles. The van der Waals surface area contributed by atoms with Crippen molar-refractivity contribution in [2.24, 2.45) is 5.73 Å². The summed E-state index contributed by atoms with van der Waals surface area (Å²) >= 11 is 0. The van der Waals surface area contributed by atoms with Crippen molar-refractivity contribution in [2.75, 3.05) is 42.2 Å². The number of benzene rings is 4. The van der Waals surface area contributed by atoms with Crippen LogP contribution in [0.2, 0.25) is 0 Å². The quantitative estimate of drug-likeness (QED) is 0.383. The van der Waals surface area contributed by atoms with Crippen molar-refractivity contribution < 1.29 is 8.42 Å². The molecule has 0 bridgehead atoms. The van der Waals surface area contributed by atoms with Crippen LogP contribution in [-0.4, -0.2) is 52.9 Å². The monoisotopic (exact) mass is 530 g/mol. The summed E-state index contributed by atoms with van der Waals surface area (Å²) < 4.78 is 25.3. The van der Waals surface area contributed by atoms with Gasteiger partial charge in [-0.2, -0.15) is 0 Å². The van der Waals surface area contributed by atoms with E-state index in [1.54, 1.807) is 0 Å². The smallest absolute Gasteiger partial charge is 0.208 e. The molecule has 0 aromatic heterocycles. The Labute approximate surface area is 226 Å². The minimum Gasteiger partial charge on any atom is -0.371 e. The summed E-state index contributed by atoms with van der Waals surface area (Å²) in [6, 6.07) is 30.3. The van der Waals surface area contributed by atoms with Crippen LogP contribution in [0.25, 0.3) is 21.5 Å². The third kappa shape index (κ3) is 6.46. The van der Waals surface area contributed by atoms with Gasteiger partial charge in [-0.05, 0) is 48.6 Å². The van der Waals surface area contributed by atoms with Gasteiger partial charge in [0.15, 0.2) is 0 Å². The summed E-state index contributed by atoms with van der Waals surface area (Å²) in [5.41, 5.74) is 8.56. The Kier molecular flexibility index (Phi) is 8.17. The number of sulfonamides is 1. The number of fused-ring (bicyclic) bond motifs is 2. The Morgan fingerprint density at radius 2 is 1.08 bits per heavy atom. The molecular weight excluding hydrogens is 492 g/mol. The third-order valence-corrected chi connectivity index (χ3v) is 8.39. The summed E-state index contributed by atoms with van der Waals surface area (Å²) in [7, 11) is -3.11. The zero-order chi connectivity index (χ0) is 26.5. The van der Waals surface area contributed by atoms with E-state index >= 15 is 0 Å². The molecule has 38 heavy (non-hydrogen) atoms. The van der Waals surface area contributed by atoms with Crippen molar-refractivity contribution in [1.82, 2.24) is 4.72 Å². The minimum absolute atomic E-state index is 0.0613. The first-order valence-electron chi connectivity index (χ1n) is 13.6. The number of hydrogen-bond acceptors (Lipinski definition) is 5. The molecule has 200 valence electrons. The van der Waals surface area contributed by atoms with Crippen LogP contribution in [-0.2, 0) is 10.0 Å². The van der Waals surface area contributed by atoms with E-state index in [-0.39, 0.29) is 6.04 Å². The molecule has 4 aromatic carbocycles. The number of hydrogen-bond donors (Lipinski definition) is 2. The van der Waals surface area contributed by atoms with Gasteiger partial charge in [0, 0.05) is 60.4 Å². The van der Waals surface area contributed by atoms with E-state index in [1.807, 2.05) is 6.07 Å². The van der Waals surface area contributed by atoms with E-state index in [0.717, 1.165) is 51.9 Å². The van der Waals surface area contributed by atoms with Gasteiger partial charge in [-0.1, -0.05) is 72.8 Å². The van der Waals surface area contributed by atoms with E-state index in [1.165, 1.54) is 39.2 Å². The highest BCUT2D eigenvalue weighted by Crippen LogP contribution is 2.30. The minimum atomic E-state index is -3.11. The highest BCUT2D eigenvalue weighted by Gasteiger charge is 2.22. The van der Waals surface area contributed by atoms with Gasteiger partial charge >= 0.3 is 0 Å². The maximum absolute atomic E-state index is 11.3. The Balaban J connectivity index is 0.000000158. The van der Waals surface area contributed by atoms with Gasteiger partial charge < -0.3 is 15.5 Å². The number of nitrogens with one attached hydrogen (secondary N) is 1. The highest BCUT2D eigenvalue weighted by molar-refractivity contribution is 7.88. The molecule has 2 fully saturated rings. The fourth-order valence-electron chi connectivity index (χ4n) is 5.65. The van der Waals surface area contributed by atoms with Crippen LogP contribution in [0.1, 0.15) is 25.7 Å². The van der Waals surface area contributed by atoms with E-state index in [2.05, 4.69) is 93.4 Å². The number of anilines is 2. The van der Waals surface area contributed by atoms with Gasteiger partial charge in [0.2, 0.25) is 10.0 Å². The van der Waals surface area contributed by atoms with Crippen molar-refractivity contribution >= 4 is 42.9 Å². The number of nitrogens with zero attached hydrogens (tertiary/aromatic N) is 2. The lowest BCUT2D eigenvalue weighted by molar-refractivity contribution is 0.462.